The Kier molecular flexibility index (Phi) is 3.64. The SMILES string of the molecule is CC(C)(C)Oc1ccc([C@@H](N)[C@@H](O)C2CC2)cc1. The molecular weight excluding hydrogens is 226 g/mol. The number of nitrogens with two attached hydrogens (primary N) is 1. The van der Waals surface area contributed by atoms with Gasteiger partial charge in [0, 0.05) is 0 Å². The molecule has 1 aliphatic rings. The Morgan fingerprint density at radius 2 is 1.78 bits per heavy atom. The first-order valence-corrected chi connectivity index (χ1v) is 6.59. The molecule has 3 heteroatoms. The van der Waals surface area contributed by atoms with Crippen LogP contribution in [0.1, 0.15) is 45.2 Å². The fourth-order valence-corrected chi connectivity index (χ4v) is 2.04. The molecule has 0 saturated heterocycles. The molecule has 2 atom stereocenters. The van der Waals surface area contributed by atoms with Crippen LogP contribution in [0, 0.1) is 5.92 Å². The fraction of sp³-hybridized carbons (Fsp3) is 0.600. The van der Waals surface area contributed by atoms with Gasteiger partial charge in [0.05, 0.1) is 12.1 Å². The van der Waals surface area contributed by atoms with Crippen molar-refractivity contribution in [2.24, 2.45) is 11.7 Å². The van der Waals surface area contributed by atoms with E-state index >= 15 is 0 Å². The quantitative estimate of drug-likeness (QED) is 0.862. The zero-order chi connectivity index (χ0) is 13.3. The Labute approximate surface area is 109 Å². The Bertz CT molecular complexity index is 390. The maximum Gasteiger partial charge on any atom is 0.120 e. The third kappa shape index (κ3) is 3.47. The lowest BCUT2D eigenvalue weighted by Gasteiger charge is -2.22. The van der Waals surface area contributed by atoms with Crippen LogP contribution in [0.25, 0.3) is 0 Å². The van der Waals surface area contributed by atoms with Gasteiger partial charge in [-0.3, -0.25) is 0 Å². The monoisotopic (exact) mass is 249 g/mol. The van der Waals surface area contributed by atoms with E-state index < -0.39 is 6.10 Å². The molecule has 100 valence electrons. The first-order valence-electron chi connectivity index (χ1n) is 6.59. The molecule has 0 unspecified atom stereocenters. The Morgan fingerprint density at radius 1 is 1.22 bits per heavy atom. The largest absolute Gasteiger partial charge is 0.488 e. The summed E-state index contributed by atoms with van der Waals surface area (Å²) < 4.78 is 5.75. The van der Waals surface area contributed by atoms with E-state index in [0.717, 1.165) is 24.2 Å². The van der Waals surface area contributed by atoms with E-state index in [-0.39, 0.29) is 11.6 Å². The van der Waals surface area contributed by atoms with Crippen LogP contribution in [0.2, 0.25) is 0 Å². The topological polar surface area (TPSA) is 55.5 Å². The molecule has 1 aliphatic carbocycles. The second kappa shape index (κ2) is 4.90. The van der Waals surface area contributed by atoms with Gasteiger partial charge in [-0.15, -0.1) is 0 Å². The molecule has 2 rings (SSSR count). The van der Waals surface area contributed by atoms with Crippen LogP contribution < -0.4 is 10.5 Å². The predicted molar refractivity (Wildman–Crippen MR) is 72.5 cm³/mol. The standard InChI is InChI=1S/C15H23NO2/c1-15(2,3)18-12-8-6-10(7-9-12)13(16)14(17)11-4-5-11/h6-9,11,13-14,17H,4-5,16H2,1-3H3/t13-,14+/m1/s1. The van der Waals surface area contributed by atoms with Gasteiger partial charge in [0.2, 0.25) is 0 Å². The van der Waals surface area contributed by atoms with Gasteiger partial charge in [0.15, 0.2) is 0 Å². The third-order valence-electron chi connectivity index (χ3n) is 3.16. The number of hydrogen-bond acceptors (Lipinski definition) is 3. The van der Waals surface area contributed by atoms with Gasteiger partial charge in [-0.05, 0) is 57.2 Å². The molecule has 0 aromatic heterocycles. The van der Waals surface area contributed by atoms with Gasteiger partial charge in [-0.1, -0.05) is 12.1 Å². The molecule has 18 heavy (non-hydrogen) atoms. The average Bonchev–Trinajstić information content (AvgIpc) is 3.10. The Hall–Kier alpha value is -1.06. The summed E-state index contributed by atoms with van der Waals surface area (Å²) in [6.45, 7) is 6.05. The van der Waals surface area contributed by atoms with E-state index in [4.69, 9.17) is 10.5 Å². The first-order chi connectivity index (χ1) is 8.37. The highest BCUT2D eigenvalue weighted by molar-refractivity contribution is 5.30. The molecule has 0 bridgehead atoms. The lowest BCUT2D eigenvalue weighted by molar-refractivity contribution is 0.121. The molecule has 1 aromatic carbocycles. The summed E-state index contributed by atoms with van der Waals surface area (Å²) in [5.74, 6) is 1.23. The maximum absolute atomic E-state index is 10.0. The van der Waals surface area contributed by atoms with E-state index in [1.165, 1.54) is 0 Å². The van der Waals surface area contributed by atoms with Crippen LogP contribution in [-0.4, -0.2) is 16.8 Å². The summed E-state index contributed by atoms with van der Waals surface area (Å²) in [4.78, 5) is 0. The van der Waals surface area contributed by atoms with Crippen LogP contribution in [-0.2, 0) is 0 Å². The highest BCUT2D eigenvalue weighted by Gasteiger charge is 2.34. The first kappa shape index (κ1) is 13.4. The summed E-state index contributed by atoms with van der Waals surface area (Å²) in [5.41, 5.74) is 6.84. The smallest absolute Gasteiger partial charge is 0.120 e. The lowest BCUT2D eigenvalue weighted by Crippen LogP contribution is -2.28. The fourth-order valence-electron chi connectivity index (χ4n) is 2.04. The molecule has 0 aliphatic heterocycles. The second-order valence-electron chi connectivity index (χ2n) is 6.14. The van der Waals surface area contributed by atoms with Gasteiger partial charge < -0.3 is 15.6 Å². The maximum atomic E-state index is 10.0. The molecule has 0 heterocycles. The van der Waals surface area contributed by atoms with Crippen molar-refractivity contribution >= 4 is 0 Å². The number of ether oxygens (including phenoxy) is 1. The molecule has 1 aromatic rings. The van der Waals surface area contributed by atoms with Gasteiger partial charge >= 0.3 is 0 Å². The zero-order valence-electron chi connectivity index (χ0n) is 11.4. The normalized spacial score (nSPS) is 19.4. The van der Waals surface area contributed by atoms with Crippen molar-refractivity contribution in [1.29, 1.82) is 0 Å². The number of aliphatic hydroxyl groups is 1. The summed E-state index contributed by atoms with van der Waals surface area (Å²) in [5, 5.41) is 10.0. The molecule has 1 fully saturated rings. The van der Waals surface area contributed by atoms with Gasteiger partial charge in [0.25, 0.3) is 0 Å². The highest BCUT2D eigenvalue weighted by Crippen LogP contribution is 2.37. The molecular formula is C15H23NO2. The minimum atomic E-state index is -0.417. The van der Waals surface area contributed by atoms with E-state index in [9.17, 15) is 5.11 Å². The molecule has 0 radical (unpaired) electrons. The molecule has 3 nitrogen and oxygen atoms in total. The number of rotatable bonds is 4. The van der Waals surface area contributed by atoms with E-state index in [0.29, 0.717) is 5.92 Å². The highest BCUT2D eigenvalue weighted by atomic mass is 16.5. The van der Waals surface area contributed by atoms with Crippen molar-refractivity contribution < 1.29 is 9.84 Å². The predicted octanol–water partition coefficient (Wildman–Crippen LogP) is 2.63. The third-order valence-corrected chi connectivity index (χ3v) is 3.16. The van der Waals surface area contributed by atoms with Crippen molar-refractivity contribution in [3.05, 3.63) is 29.8 Å². The number of hydrogen-bond donors (Lipinski definition) is 2. The molecule has 0 amide bonds. The van der Waals surface area contributed by atoms with Gasteiger partial charge in [-0.25, -0.2) is 0 Å². The Balaban J connectivity index is 2.02. The van der Waals surface area contributed by atoms with Crippen LogP contribution in [0.15, 0.2) is 24.3 Å². The summed E-state index contributed by atoms with van der Waals surface area (Å²) in [6, 6.07) is 7.43. The van der Waals surface area contributed by atoms with Crippen molar-refractivity contribution in [2.45, 2.75) is 51.4 Å². The average molecular weight is 249 g/mol. The molecule has 0 spiro atoms. The van der Waals surface area contributed by atoms with Gasteiger partial charge in [-0.2, -0.15) is 0 Å². The second-order valence-corrected chi connectivity index (χ2v) is 6.14. The number of benzene rings is 1. The van der Waals surface area contributed by atoms with Crippen molar-refractivity contribution in [3.8, 4) is 5.75 Å². The minimum absolute atomic E-state index is 0.197. The number of aliphatic hydroxyl groups excluding tert-OH is 1. The van der Waals surface area contributed by atoms with Gasteiger partial charge in [0.1, 0.15) is 11.4 Å². The molecule has 1 saturated carbocycles. The summed E-state index contributed by atoms with van der Waals surface area (Å²) >= 11 is 0. The van der Waals surface area contributed by atoms with Crippen molar-refractivity contribution in [3.63, 3.8) is 0 Å². The summed E-state index contributed by atoms with van der Waals surface area (Å²) in [7, 11) is 0. The zero-order valence-corrected chi connectivity index (χ0v) is 11.4. The molecule has 3 N–H and O–H groups in total. The van der Waals surface area contributed by atoms with Crippen molar-refractivity contribution in [1.82, 2.24) is 0 Å². The van der Waals surface area contributed by atoms with Crippen LogP contribution in [0.3, 0.4) is 0 Å². The lowest BCUT2D eigenvalue weighted by atomic mass is 9.99. The minimum Gasteiger partial charge on any atom is -0.488 e. The van der Waals surface area contributed by atoms with Crippen LogP contribution in [0.5, 0.6) is 5.75 Å². The van der Waals surface area contributed by atoms with Crippen LogP contribution >= 0.6 is 0 Å². The van der Waals surface area contributed by atoms with E-state index in [1.54, 1.807) is 0 Å². The van der Waals surface area contributed by atoms with Crippen molar-refractivity contribution in [2.75, 3.05) is 0 Å². The van der Waals surface area contributed by atoms with E-state index in [1.807, 2.05) is 45.0 Å². The Morgan fingerprint density at radius 3 is 2.22 bits per heavy atom. The summed E-state index contributed by atoms with van der Waals surface area (Å²) in [6.07, 6.45) is 1.78. The van der Waals surface area contributed by atoms with E-state index in [2.05, 4.69) is 0 Å². The van der Waals surface area contributed by atoms with Crippen LogP contribution in [0.4, 0.5) is 0 Å².